The molecule has 0 unspecified atom stereocenters. The molecule has 10 nitrogen and oxygen atoms in total. The summed E-state index contributed by atoms with van der Waals surface area (Å²) in [6, 6.07) is 7.52. The van der Waals surface area contributed by atoms with E-state index >= 15 is 0 Å². The van der Waals surface area contributed by atoms with Gasteiger partial charge in [-0.25, -0.2) is 27.8 Å². The molecule has 12 heteroatoms. The molecule has 2 aromatic heterocycles. The number of halogens is 1. The van der Waals surface area contributed by atoms with Crippen molar-refractivity contribution in [2.75, 3.05) is 35.4 Å². The molecule has 1 aromatic carbocycles. The molecule has 0 bridgehead atoms. The van der Waals surface area contributed by atoms with E-state index in [0.717, 1.165) is 22.0 Å². The minimum Gasteiger partial charge on any atom is -0.404 e. The molecule has 1 fully saturated rings. The number of nitrogens with one attached hydrogen (secondary N) is 1. The van der Waals surface area contributed by atoms with E-state index < -0.39 is 16.5 Å². The van der Waals surface area contributed by atoms with Gasteiger partial charge in [-0.1, -0.05) is 19.9 Å². The average molecular weight is 567 g/mol. The molecule has 0 radical (unpaired) electrons. The first-order valence-electron chi connectivity index (χ1n) is 13.4. The number of sulfone groups is 1. The van der Waals surface area contributed by atoms with Gasteiger partial charge in [0.25, 0.3) is 0 Å². The van der Waals surface area contributed by atoms with E-state index in [0.29, 0.717) is 48.1 Å². The van der Waals surface area contributed by atoms with Gasteiger partial charge < -0.3 is 21.7 Å². The molecule has 3 aromatic rings. The van der Waals surface area contributed by atoms with Crippen molar-refractivity contribution in [1.82, 2.24) is 15.0 Å². The summed E-state index contributed by atoms with van der Waals surface area (Å²) < 4.78 is 36.7. The number of pyridine rings is 1. The van der Waals surface area contributed by atoms with Gasteiger partial charge in [-0.3, -0.25) is 4.99 Å². The molecular weight excluding hydrogens is 531 g/mol. The van der Waals surface area contributed by atoms with Gasteiger partial charge in [0.1, 0.15) is 28.1 Å². The van der Waals surface area contributed by atoms with Crippen molar-refractivity contribution in [1.29, 1.82) is 0 Å². The number of rotatable bonds is 9. The molecule has 5 N–H and O–H groups in total. The molecule has 212 valence electrons. The van der Waals surface area contributed by atoms with Crippen molar-refractivity contribution in [3.05, 3.63) is 54.2 Å². The number of nitrogens with two attached hydrogens (primary N) is 2. The van der Waals surface area contributed by atoms with Crippen LogP contribution in [0, 0.1) is 5.92 Å². The maximum atomic E-state index is 13.1. The Morgan fingerprint density at radius 3 is 2.67 bits per heavy atom. The highest BCUT2D eigenvalue weighted by Crippen LogP contribution is 2.38. The van der Waals surface area contributed by atoms with Gasteiger partial charge in [0, 0.05) is 54.1 Å². The third kappa shape index (κ3) is 5.64. The predicted molar refractivity (Wildman–Crippen MR) is 158 cm³/mol. The van der Waals surface area contributed by atoms with Gasteiger partial charge in [-0.15, -0.1) is 0 Å². The number of fused-ring (bicyclic) bond motifs is 1. The standard InChI is InChI=1S/C28H35FN8O2S/c1-16(2)19-5-7-24(37-14-17(27(37)31)15-40(3,38)39)22-13-33-26(10-20(19)22)35-25-8-9-32-28(36-25)21(12-30)23-6-4-18(11-29)34-23/h5,7-10,12-13,16-18,27H,4,6,11,14-15,30-31H2,1-3H3,(H,32,33,35,36)/t17-,18+,27+/m1/s1. The Morgan fingerprint density at radius 2 is 2.02 bits per heavy atom. The summed E-state index contributed by atoms with van der Waals surface area (Å²) in [5.74, 6) is 1.78. The first-order valence-corrected chi connectivity index (χ1v) is 15.4. The number of aromatic nitrogens is 3. The lowest BCUT2D eigenvalue weighted by atomic mass is 9.92. The fraction of sp³-hybridized carbons (Fsp3) is 0.429. The summed E-state index contributed by atoms with van der Waals surface area (Å²) in [6.45, 7) is 4.34. The number of anilines is 3. The van der Waals surface area contributed by atoms with Crippen molar-refractivity contribution in [2.24, 2.45) is 22.4 Å². The van der Waals surface area contributed by atoms with Crippen LogP contribution in [0.15, 0.2) is 47.9 Å². The Hall–Kier alpha value is -3.64. The van der Waals surface area contributed by atoms with Crippen molar-refractivity contribution in [3.8, 4) is 0 Å². The highest BCUT2D eigenvalue weighted by atomic mass is 32.2. The zero-order chi connectivity index (χ0) is 28.6. The van der Waals surface area contributed by atoms with Gasteiger partial charge in [0.05, 0.1) is 23.5 Å². The molecule has 0 aliphatic carbocycles. The van der Waals surface area contributed by atoms with Crippen LogP contribution < -0.4 is 21.7 Å². The number of hydrogen-bond acceptors (Lipinski definition) is 10. The zero-order valence-electron chi connectivity index (χ0n) is 22.9. The molecule has 4 heterocycles. The van der Waals surface area contributed by atoms with E-state index in [2.05, 4.69) is 45.2 Å². The van der Waals surface area contributed by atoms with Crippen LogP contribution in [-0.4, -0.2) is 66.5 Å². The second kappa shape index (κ2) is 11.1. The quantitative estimate of drug-likeness (QED) is 0.353. The Kier molecular flexibility index (Phi) is 7.74. The highest BCUT2D eigenvalue weighted by molar-refractivity contribution is 7.90. The fourth-order valence-corrected chi connectivity index (χ4v) is 6.50. The molecule has 3 atom stereocenters. The van der Waals surface area contributed by atoms with E-state index in [9.17, 15) is 12.8 Å². The summed E-state index contributed by atoms with van der Waals surface area (Å²) in [5, 5.41) is 5.25. The summed E-state index contributed by atoms with van der Waals surface area (Å²) in [4.78, 5) is 20.1. The first kappa shape index (κ1) is 27.9. The Morgan fingerprint density at radius 1 is 1.23 bits per heavy atom. The van der Waals surface area contributed by atoms with E-state index in [-0.39, 0.29) is 29.8 Å². The van der Waals surface area contributed by atoms with Crippen LogP contribution in [0.4, 0.5) is 21.7 Å². The van der Waals surface area contributed by atoms with Crippen LogP contribution in [0.25, 0.3) is 16.3 Å². The van der Waals surface area contributed by atoms with Crippen molar-refractivity contribution in [2.45, 2.75) is 44.8 Å². The zero-order valence-corrected chi connectivity index (χ0v) is 23.7. The minimum atomic E-state index is -3.11. The van der Waals surface area contributed by atoms with Gasteiger partial charge in [-0.05, 0) is 47.9 Å². The molecule has 5 rings (SSSR count). The Balaban J connectivity index is 1.43. The molecule has 1 saturated heterocycles. The second-order valence-electron chi connectivity index (χ2n) is 10.8. The lowest BCUT2D eigenvalue weighted by Crippen LogP contribution is -2.63. The van der Waals surface area contributed by atoms with Gasteiger partial charge in [0.2, 0.25) is 0 Å². The first-order chi connectivity index (χ1) is 19.1. The van der Waals surface area contributed by atoms with Gasteiger partial charge in [0.15, 0.2) is 5.82 Å². The Bertz CT molecular complexity index is 1590. The molecule has 40 heavy (non-hydrogen) atoms. The maximum Gasteiger partial charge on any atom is 0.164 e. The number of allylic oxidation sites excluding steroid dienone is 1. The van der Waals surface area contributed by atoms with Gasteiger partial charge in [-0.2, -0.15) is 0 Å². The van der Waals surface area contributed by atoms with Crippen molar-refractivity contribution in [3.63, 3.8) is 0 Å². The van der Waals surface area contributed by atoms with Crippen LogP contribution in [0.1, 0.15) is 44.0 Å². The number of nitrogens with zero attached hydrogens (tertiary/aromatic N) is 5. The van der Waals surface area contributed by atoms with Crippen molar-refractivity contribution >= 4 is 49.2 Å². The lowest BCUT2D eigenvalue weighted by Gasteiger charge is -2.47. The summed E-state index contributed by atoms with van der Waals surface area (Å²) >= 11 is 0. The van der Waals surface area contributed by atoms with E-state index in [1.807, 2.05) is 23.2 Å². The summed E-state index contributed by atoms with van der Waals surface area (Å²) in [5.41, 5.74) is 15.7. The van der Waals surface area contributed by atoms with Crippen LogP contribution in [0.2, 0.25) is 0 Å². The highest BCUT2D eigenvalue weighted by Gasteiger charge is 2.39. The number of aliphatic imine (C=N–C) groups is 1. The van der Waals surface area contributed by atoms with Crippen LogP contribution in [0.5, 0.6) is 0 Å². The largest absolute Gasteiger partial charge is 0.404 e. The number of alkyl halides is 1. The summed E-state index contributed by atoms with van der Waals surface area (Å²) in [7, 11) is -3.11. The van der Waals surface area contributed by atoms with Crippen LogP contribution in [0.3, 0.4) is 0 Å². The average Bonchev–Trinajstić information content (AvgIpc) is 3.39. The molecule has 0 saturated carbocycles. The lowest BCUT2D eigenvalue weighted by molar-refractivity contribution is 0.328. The van der Waals surface area contributed by atoms with Crippen LogP contribution in [-0.2, 0) is 9.84 Å². The SMILES string of the molecule is CC(C)c1ccc(N2C[C@H](CS(C)(=O)=O)[C@H]2N)c2cnc(Nc3ccnc(C(=CN)C4=N[C@H](CF)CC4)n3)cc12. The molecule has 0 amide bonds. The van der Waals surface area contributed by atoms with E-state index in [4.69, 9.17) is 11.5 Å². The topological polar surface area (TPSA) is 152 Å². The van der Waals surface area contributed by atoms with Crippen molar-refractivity contribution < 1.29 is 12.8 Å². The smallest absolute Gasteiger partial charge is 0.164 e. The van der Waals surface area contributed by atoms with E-state index in [1.54, 1.807) is 12.3 Å². The molecular formula is C28H35FN8O2S. The third-order valence-electron chi connectivity index (χ3n) is 7.50. The molecule has 2 aliphatic rings. The maximum absolute atomic E-state index is 13.1. The normalized spacial score (nSPS) is 21.6. The van der Waals surface area contributed by atoms with Gasteiger partial charge >= 0.3 is 0 Å². The third-order valence-corrected chi connectivity index (χ3v) is 8.53. The second-order valence-corrected chi connectivity index (χ2v) is 13.0. The predicted octanol–water partition coefficient (Wildman–Crippen LogP) is 3.53. The summed E-state index contributed by atoms with van der Waals surface area (Å²) in [6.07, 6.45) is 7.00. The monoisotopic (exact) mass is 566 g/mol. The fourth-order valence-electron chi connectivity index (χ4n) is 5.42. The van der Waals surface area contributed by atoms with Crippen LogP contribution >= 0.6 is 0 Å². The number of hydrogen-bond donors (Lipinski definition) is 3. The molecule has 0 spiro atoms. The van der Waals surface area contributed by atoms with E-state index in [1.165, 1.54) is 12.5 Å². The Labute approximate surface area is 233 Å². The minimum absolute atomic E-state index is 0.0742. The number of benzene rings is 1. The molecule has 2 aliphatic heterocycles.